The Balaban J connectivity index is 2.22. The van der Waals surface area contributed by atoms with Gasteiger partial charge in [-0.25, -0.2) is 0 Å². The minimum atomic E-state index is -0.907. The summed E-state index contributed by atoms with van der Waals surface area (Å²) in [6.07, 6.45) is 1.75. The molecule has 0 aliphatic heterocycles. The molecular formula is C10H14N6O2S. The molecule has 2 aromatic heterocycles. The van der Waals surface area contributed by atoms with Gasteiger partial charge in [0.2, 0.25) is 5.95 Å². The molecule has 2 rings (SSSR count). The van der Waals surface area contributed by atoms with E-state index in [1.807, 2.05) is 14.0 Å². The first kappa shape index (κ1) is 13.4. The summed E-state index contributed by atoms with van der Waals surface area (Å²) < 4.78 is 3.44. The van der Waals surface area contributed by atoms with Crippen LogP contribution in [0, 0.1) is 6.92 Å². The van der Waals surface area contributed by atoms with E-state index in [1.54, 1.807) is 15.4 Å². The molecule has 0 fully saturated rings. The van der Waals surface area contributed by atoms with Crippen LogP contribution in [0.3, 0.4) is 0 Å². The van der Waals surface area contributed by atoms with Gasteiger partial charge in [-0.15, -0.1) is 10.2 Å². The van der Waals surface area contributed by atoms with Gasteiger partial charge in [0.1, 0.15) is 0 Å². The Morgan fingerprint density at radius 1 is 1.53 bits per heavy atom. The van der Waals surface area contributed by atoms with Gasteiger partial charge in [-0.05, 0) is 6.92 Å². The number of rotatable bonds is 5. The minimum Gasteiger partial charge on any atom is -0.481 e. The summed E-state index contributed by atoms with van der Waals surface area (Å²) in [5.41, 5.74) is 7.76. The molecule has 9 heteroatoms. The average Bonchev–Trinajstić information content (AvgIpc) is 2.86. The van der Waals surface area contributed by atoms with Crippen LogP contribution in [0.1, 0.15) is 11.3 Å². The zero-order valence-corrected chi connectivity index (χ0v) is 11.4. The van der Waals surface area contributed by atoms with E-state index in [4.69, 9.17) is 10.8 Å². The number of aromatic nitrogens is 5. The average molecular weight is 282 g/mol. The van der Waals surface area contributed by atoms with Crippen LogP contribution in [0.15, 0.2) is 11.4 Å². The minimum absolute atomic E-state index is 0.0792. The van der Waals surface area contributed by atoms with Crippen LogP contribution >= 0.6 is 11.8 Å². The monoisotopic (exact) mass is 282 g/mol. The highest BCUT2D eigenvalue weighted by Gasteiger charge is 2.14. The molecule has 0 spiro atoms. The van der Waals surface area contributed by atoms with Crippen LogP contribution in [0.2, 0.25) is 0 Å². The van der Waals surface area contributed by atoms with Crippen molar-refractivity contribution in [3.63, 3.8) is 0 Å². The molecule has 3 N–H and O–H groups in total. The molecule has 2 heterocycles. The zero-order valence-electron chi connectivity index (χ0n) is 10.6. The quantitative estimate of drug-likeness (QED) is 0.749. The SMILES string of the molecule is Cc1c(Cn2c(N)nnc2SCC(=O)O)cnn1C. The molecular weight excluding hydrogens is 268 g/mol. The fraction of sp³-hybridized carbons (Fsp3) is 0.400. The second-order valence-corrected chi connectivity index (χ2v) is 4.93. The molecule has 0 atom stereocenters. The highest BCUT2D eigenvalue weighted by molar-refractivity contribution is 7.99. The Bertz CT molecular complexity index is 605. The Hall–Kier alpha value is -2.03. The van der Waals surface area contributed by atoms with Crippen molar-refractivity contribution < 1.29 is 9.90 Å². The lowest BCUT2D eigenvalue weighted by Crippen LogP contribution is -2.08. The highest BCUT2D eigenvalue weighted by atomic mass is 32.2. The predicted molar refractivity (Wildman–Crippen MR) is 69.8 cm³/mol. The molecule has 8 nitrogen and oxygen atoms in total. The zero-order chi connectivity index (χ0) is 14.0. The number of aryl methyl sites for hydroxylation is 1. The largest absolute Gasteiger partial charge is 0.481 e. The summed E-state index contributed by atoms with van der Waals surface area (Å²) in [5.74, 6) is -0.726. The predicted octanol–water partition coefficient (Wildman–Crippen LogP) is 0.127. The van der Waals surface area contributed by atoms with Crippen LogP contribution in [0.25, 0.3) is 0 Å². The number of anilines is 1. The second-order valence-electron chi connectivity index (χ2n) is 3.99. The molecule has 0 unspecified atom stereocenters. The molecule has 0 aromatic carbocycles. The number of carboxylic acids is 1. The molecule has 19 heavy (non-hydrogen) atoms. The molecule has 0 aliphatic carbocycles. The maximum absolute atomic E-state index is 10.6. The Morgan fingerprint density at radius 3 is 2.84 bits per heavy atom. The number of hydrogen-bond acceptors (Lipinski definition) is 6. The standard InChI is InChI=1S/C10H14N6O2S/c1-6-7(3-12-15(6)2)4-16-9(11)13-14-10(16)19-5-8(17)18/h3H,4-5H2,1-2H3,(H2,11,13)(H,17,18). The van der Waals surface area contributed by atoms with E-state index in [0.717, 1.165) is 23.0 Å². The molecule has 2 aromatic rings. The van der Waals surface area contributed by atoms with Crippen molar-refractivity contribution in [1.82, 2.24) is 24.5 Å². The van der Waals surface area contributed by atoms with Crippen molar-refractivity contribution in [3.05, 3.63) is 17.5 Å². The van der Waals surface area contributed by atoms with Crippen LogP contribution in [0.5, 0.6) is 0 Å². The Morgan fingerprint density at radius 2 is 2.26 bits per heavy atom. The third-order valence-corrected chi connectivity index (χ3v) is 3.69. The van der Waals surface area contributed by atoms with Gasteiger partial charge in [-0.1, -0.05) is 11.8 Å². The number of nitrogen functional groups attached to an aromatic ring is 1. The maximum Gasteiger partial charge on any atom is 0.313 e. The van der Waals surface area contributed by atoms with Gasteiger partial charge in [0.15, 0.2) is 5.16 Å². The van der Waals surface area contributed by atoms with E-state index in [9.17, 15) is 4.79 Å². The van der Waals surface area contributed by atoms with E-state index in [0.29, 0.717) is 11.7 Å². The van der Waals surface area contributed by atoms with Crippen molar-refractivity contribution >= 4 is 23.7 Å². The normalized spacial score (nSPS) is 10.8. The topological polar surface area (TPSA) is 112 Å². The molecule has 102 valence electrons. The molecule has 0 bridgehead atoms. The van der Waals surface area contributed by atoms with Gasteiger partial charge >= 0.3 is 5.97 Å². The van der Waals surface area contributed by atoms with Gasteiger partial charge < -0.3 is 10.8 Å². The summed E-state index contributed by atoms with van der Waals surface area (Å²) >= 11 is 1.09. The van der Waals surface area contributed by atoms with Gasteiger partial charge in [0, 0.05) is 18.3 Å². The molecule has 0 amide bonds. The third kappa shape index (κ3) is 2.87. The summed E-state index contributed by atoms with van der Waals surface area (Å²) in [5, 5.41) is 21.0. The van der Waals surface area contributed by atoms with E-state index in [1.165, 1.54) is 0 Å². The van der Waals surface area contributed by atoms with Crippen LogP contribution in [0.4, 0.5) is 5.95 Å². The molecule has 0 radical (unpaired) electrons. The fourth-order valence-electron chi connectivity index (χ4n) is 1.55. The van der Waals surface area contributed by atoms with E-state index in [2.05, 4.69) is 15.3 Å². The smallest absolute Gasteiger partial charge is 0.313 e. The summed E-state index contributed by atoms with van der Waals surface area (Å²) in [6, 6.07) is 0. The Kier molecular flexibility index (Phi) is 3.74. The van der Waals surface area contributed by atoms with Crippen molar-refractivity contribution in [2.24, 2.45) is 7.05 Å². The number of nitrogens with zero attached hydrogens (tertiary/aromatic N) is 5. The highest BCUT2D eigenvalue weighted by Crippen LogP contribution is 2.20. The summed E-state index contributed by atoms with van der Waals surface area (Å²) in [4.78, 5) is 10.6. The van der Waals surface area contributed by atoms with Crippen molar-refractivity contribution in [3.8, 4) is 0 Å². The lowest BCUT2D eigenvalue weighted by Gasteiger charge is -2.06. The second kappa shape index (κ2) is 5.31. The number of aliphatic carboxylic acids is 1. The van der Waals surface area contributed by atoms with Crippen molar-refractivity contribution in [1.29, 1.82) is 0 Å². The lowest BCUT2D eigenvalue weighted by atomic mass is 10.2. The van der Waals surface area contributed by atoms with Crippen LogP contribution < -0.4 is 5.73 Å². The first-order valence-electron chi connectivity index (χ1n) is 5.49. The van der Waals surface area contributed by atoms with Gasteiger partial charge in [-0.2, -0.15) is 5.10 Å². The maximum atomic E-state index is 10.6. The number of hydrogen-bond donors (Lipinski definition) is 2. The third-order valence-electron chi connectivity index (χ3n) is 2.74. The van der Waals surface area contributed by atoms with Gasteiger partial charge in [0.05, 0.1) is 18.5 Å². The first-order valence-corrected chi connectivity index (χ1v) is 6.48. The van der Waals surface area contributed by atoms with Crippen LogP contribution in [-0.4, -0.2) is 41.4 Å². The lowest BCUT2D eigenvalue weighted by molar-refractivity contribution is -0.133. The van der Waals surface area contributed by atoms with Gasteiger partial charge in [0.25, 0.3) is 0 Å². The fourth-order valence-corrected chi connectivity index (χ4v) is 2.22. The molecule has 0 saturated carbocycles. The van der Waals surface area contributed by atoms with Crippen molar-refractivity contribution in [2.45, 2.75) is 18.6 Å². The van der Waals surface area contributed by atoms with E-state index >= 15 is 0 Å². The molecule has 0 saturated heterocycles. The summed E-state index contributed by atoms with van der Waals surface area (Å²) in [7, 11) is 1.86. The van der Waals surface area contributed by atoms with Gasteiger partial charge in [-0.3, -0.25) is 14.0 Å². The number of carboxylic acid groups (broad SMARTS) is 1. The summed E-state index contributed by atoms with van der Waals surface area (Å²) in [6.45, 7) is 2.42. The van der Waals surface area contributed by atoms with E-state index in [-0.39, 0.29) is 11.7 Å². The first-order chi connectivity index (χ1) is 8.99. The number of thioether (sulfide) groups is 1. The Labute approximate surface area is 113 Å². The molecule has 0 aliphatic rings. The van der Waals surface area contributed by atoms with Crippen molar-refractivity contribution in [2.75, 3.05) is 11.5 Å². The van der Waals surface area contributed by atoms with E-state index < -0.39 is 5.97 Å². The van der Waals surface area contributed by atoms with Crippen LogP contribution in [-0.2, 0) is 18.4 Å². The number of nitrogens with two attached hydrogens (primary N) is 1. The number of carbonyl (C=O) groups is 1.